The fourth-order valence-electron chi connectivity index (χ4n) is 4.70. The van der Waals surface area contributed by atoms with Crippen molar-refractivity contribution in [3.05, 3.63) is 54.2 Å². The Bertz CT molecular complexity index is 896. The average Bonchev–Trinajstić information content (AvgIpc) is 2.85. The standard InChI is InChI=1S/C27H38N4O3/c1-27(2)20-23(11-19-34-27)26(32)29-13-5-18-33-24-9-7-22(8-10-24)21-30-14-16-31(17-15-30)25-6-3-4-12-28-25/h3-4,6-10,12,23H,5,11,13-21H2,1-2H3,(H,29,32)/t23-/m1/s1. The van der Waals surface area contributed by atoms with Gasteiger partial charge >= 0.3 is 0 Å². The van der Waals surface area contributed by atoms with Gasteiger partial charge in [-0.25, -0.2) is 4.98 Å². The van der Waals surface area contributed by atoms with Crippen LogP contribution in [0.15, 0.2) is 48.7 Å². The fraction of sp³-hybridized carbons (Fsp3) is 0.556. The second-order valence-corrected chi connectivity index (χ2v) is 9.89. The van der Waals surface area contributed by atoms with Gasteiger partial charge in [0.25, 0.3) is 0 Å². The van der Waals surface area contributed by atoms with Crippen molar-refractivity contribution in [2.75, 3.05) is 50.8 Å². The lowest BCUT2D eigenvalue weighted by molar-refractivity contribution is -0.135. The number of rotatable bonds is 9. The van der Waals surface area contributed by atoms with Crippen LogP contribution >= 0.6 is 0 Å². The summed E-state index contributed by atoms with van der Waals surface area (Å²) in [6.45, 7) is 11.0. The first-order valence-corrected chi connectivity index (χ1v) is 12.5. The minimum absolute atomic E-state index is 0.0511. The molecule has 2 fully saturated rings. The molecule has 2 aromatic rings. The lowest BCUT2D eigenvalue weighted by Gasteiger charge is -2.35. The second kappa shape index (κ2) is 11.7. The number of carbonyl (C=O) groups is 1. The molecule has 0 radical (unpaired) electrons. The monoisotopic (exact) mass is 466 g/mol. The van der Waals surface area contributed by atoms with Gasteiger partial charge in [0, 0.05) is 58.0 Å². The number of benzene rings is 1. The van der Waals surface area contributed by atoms with Crippen LogP contribution in [0.4, 0.5) is 5.82 Å². The normalized spacial score (nSPS) is 20.6. The molecule has 0 bridgehead atoms. The lowest BCUT2D eigenvalue weighted by atomic mass is 9.88. The van der Waals surface area contributed by atoms with Gasteiger partial charge in [0.15, 0.2) is 0 Å². The number of amides is 1. The summed E-state index contributed by atoms with van der Waals surface area (Å²) in [6.07, 6.45) is 4.23. The molecule has 184 valence electrons. The molecule has 0 saturated carbocycles. The van der Waals surface area contributed by atoms with Crippen molar-refractivity contribution in [2.45, 2.75) is 45.3 Å². The van der Waals surface area contributed by atoms with Gasteiger partial charge in [-0.15, -0.1) is 0 Å². The maximum atomic E-state index is 12.4. The number of nitrogens with zero attached hydrogens (tertiary/aromatic N) is 3. The highest BCUT2D eigenvalue weighted by molar-refractivity contribution is 5.78. The molecule has 1 atom stereocenters. The van der Waals surface area contributed by atoms with Crippen molar-refractivity contribution in [3.63, 3.8) is 0 Å². The van der Waals surface area contributed by atoms with E-state index in [-0.39, 0.29) is 17.4 Å². The minimum atomic E-state index is -0.205. The molecule has 1 aromatic carbocycles. The van der Waals surface area contributed by atoms with Crippen LogP contribution in [0.3, 0.4) is 0 Å². The van der Waals surface area contributed by atoms with Gasteiger partial charge in [0.1, 0.15) is 11.6 Å². The number of carbonyl (C=O) groups excluding carboxylic acids is 1. The maximum Gasteiger partial charge on any atom is 0.223 e. The molecule has 1 aromatic heterocycles. The second-order valence-electron chi connectivity index (χ2n) is 9.89. The average molecular weight is 467 g/mol. The minimum Gasteiger partial charge on any atom is -0.494 e. The zero-order valence-electron chi connectivity index (χ0n) is 20.5. The number of ether oxygens (including phenoxy) is 2. The molecule has 4 rings (SSSR count). The molecule has 2 aliphatic rings. The van der Waals surface area contributed by atoms with Gasteiger partial charge in [0.2, 0.25) is 5.91 Å². The summed E-state index contributed by atoms with van der Waals surface area (Å²) >= 11 is 0. The number of piperazine rings is 1. The molecule has 0 spiro atoms. The van der Waals surface area contributed by atoms with E-state index in [1.54, 1.807) is 0 Å². The summed E-state index contributed by atoms with van der Waals surface area (Å²) in [5.41, 5.74) is 1.09. The van der Waals surface area contributed by atoms with Gasteiger partial charge < -0.3 is 19.7 Å². The van der Waals surface area contributed by atoms with E-state index in [9.17, 15) is 4.79 Å². The summed E-state index contributed by atoms with van der Waals surface area (Å²) in [7, 11) is 0. The number of aromatic nitrogens is 1. The molecule has 0 aliphatic carbocycles. The zero-order chi connectivity index (χ0) is 23.8. The molecule has 2 aliphatic heterocycles. The van der Waals surface area contributed by atoms with Crippen LogP contribution in [0, 0.1) is 5.92 Å². The van der Waals surface area contributed by atoms with Crippen LogP contribution in [0.25, 0.3) is 0 Å². The Kier molecular flexibility index (Phi) is 8.40. The number of nitrogens with one attached hydrogen (secondary N) is 1. The third kappa shape index (κ3) is 7.18. The highest BCUT2D eigenvalue weighted by atomic mass is 16.5. The highest BCUT2D eigenvalue weighted by Gasteiger charge is 2.32. The van der Waals surface area contributed by atoms with E-state index >= 15 is 0 Å². The van der Waals surface area contributed by atoms with E-state index in [0.717, 1.165) is 63.6 Å². The van der Waals surface area contributed by atoms with Crippen LogP contribution < -0.4 is 15.0 Å². The van der Waals surface area contributed by atoms with E-state index in [1.165, 1.54) is 5.56 Å². The summed E-state index contributed by atoms with van der Waals surface area (Å²) < 4.78 is 11.6. The topological polar surface area (TPSA) is 66.9 Å². The zero-order valence-corrected chi connectivity index (χ0v) is 20.5. The summed E-state index contributed by atoms with van der Waals surface area (Å²) in [5, 5.41) is 3.06. The molecule has 0 unspecified atom stereocenters. The van der Waals surface area contributed by atoms with Crippen molar-refractivity contribution in [2.24, 2.45) is 5.92 Å². The van der Waals surface area contributed by atoms with Crippen LogP contribution in [-0.2, 0) is 16.1 Å². The van der Waals surface area contributed by atoms with E-state index in [0.29, 0.717) is 19.8 Å². The molecular formula is C27H38N4O3. The van der Waals surface area contributed by atoms with E-state index < -0.39 is 0 Å². The van der Waals surface area contributed by atoms with E-state index in [1.807, 2.05) is 30.5 Å². The Morgan fingerprint density at radius 2 is 1.94 bits per heavy atom. The predicted molar refractivity (Wildman–Crippen MR) is 134 cm³/mol. The number of pyridine rings is 1. The maximum absolute atomic E-state index is 12.4. The van der Waals surface area contributed by atoms with Gasteiger partial charge in [-0.1, -0.05) is 18.2 Å². The van der Waals surface area contributed by atoms with Crippen LogP contribution in [0.2, 0.25) is 0 Å². The van der Waals surface area contributed by atoms with Crippen molar-refractivity contribution in [1.29, 1.82) is 0 Å². The van der Waals surface area contributed by atoms with Gasteiger partial charge in [0.05, 0.1) is 12.2 Å². The quantitative estimate of drug-likeness (QED) is 0.571. The van der Waals surface area contributed by atoms with Crippen molar-refractivity contribution in [3.8, 4) is 5.75 Å². The first kappa shape index (κ1) is 24.5. The summed E-state index contributed by atoms with van der Waals surface area (Å²) in [4.78, 5) is 21.7. The molecular weight excluding hydrogens is 428 g/mol. The Hall–Kier alpha value is -2.64. The van der Waals surface area contributed by atoms with Gasteiger partial charge in [-0.05, 0) is 62.9 Å². The first-order valence-electron chi connectivity index (χ1n) is 12.5. The molecule has 3 heterocycles. The van der Waals surface area contributed by atoms with E-state index in [4.69, 9.17) is 9.47 Å². The molecule has 2 saturated heterocycles. The summed E-state index contributed by atoms with van der Waals surface area (Å²) in [6, 6.07) is 14.5. The molecule has 34 heavy (non-hydrogen) atoms. The molecule has 7 nitrogen and oxygen atoms in total. The summed E-state index contributed by atoms with van der Waals surface area (Å²) in [5.74, 6) is 2.13. The Morgan fingerprint density at radius 3 is 2.65 bits per heavy atom. The lowest BCUT2D eigenvalue weighted by Crippen LogP contribution is -2.46. The molecule has 7 heteroatoms. The first-order chi connectivity index (χ1) is 16.5. The largest absolute Gasteiger partial charge is 0.494 e. The Labute approximate surface area is 203 Å². The van der Waals surface area contributed by atoms with Crippen LogP contribution in [0.1, 0.15) is 38.7 Å². The predicted octanol–water partition coefficient (Wildman–Crippen LogP) is 3.49. The number of hydrogen-bond acceptors (Lipinski definition) is 6. The smallest absolute Gasteiger partial charge is 0.223 e. The number of anilines is 1. The fourth-order valence-corrected chi connectivity index (χ4v) is 4.70. The molecule has 1 N–H and O–H groups in total. The Morgan fingerprint density at radius 1 is 1.15 bits per heavy atom. The van der Waals surface area contributed by atoms with E-state index in [2.05, 4.69) is 52.1 Å². The number of hydrogen-bond donors (Lipinski definition) is 1. The van der Waals surface area contributed by atoms with Crippen LogP contribution in [0.5, 0.6) is 5.75 Å². The SMILES string of the molecule is CC1(C)C[C@H](C(=O)NCCCOc2ccc(CN3CCN(c4ccccn4)CC3)cc2)CCO1. The third-order valence-corrected chi connectivity index (χ3v) is 6.63. The van der Waals surface area contributed by atoms with Gasteiger partial charge in [-0.3, -0.25) is 9.69 Å². The molecule has 1 amide bonds. The Balaban J connectivity index is 1.11. The highest BCUT2D eigenvalue weighted by Crippen LogP contribution is 2.28. The van der Waals surface area contributed by atoms with Crippen molar-refractivity contribution < 1.29 is 14.3 Å². The van der Waals surface area contributed by atoms with Crippen molar-refractivity contribution in [1.82, 2.24) is 15.2 Å². The van der Waals surface area contributed by atoms with Crippen molar-refractivity contribution >= 4 is 11.7 Å². The van der Waals surface area contributed by atoms with Gasteiger partial charge in [-0.2, -0.15) is 0 Å². The van der Waals surface area contributed by atoms with Crippen LogP contribution in [-0.4, -0.2) is 67.3 Å². The third-order valence-electron chi connectivity index (χ3n) is 6.63.